The Morgan fingerprint density at radius 1 is 1.29 bits per heavy atom. The maximum atomic E-state index is 10.8. The monoisotopic (exact) mass is 306 g/mol. The topological polar surface area (TPSA) is 52.9 Å². The summed E-state index contributed by atoms with van der Waals surface area (Å²) < 4.78 is 0. The molecule has 1 heterocycles. The molecule has 1 aromatic carbocycles. The Morgan fingerprint density at radius 2 is 1.95 bits per heavy atom. The molecular weight excluding hydrogens is 284 g/mol. The van der Waals surface area contributed by atoms with Gasteiger partial charge in [-0.1, -0.05) is 30.8 Å². The number of carbonyl (C=O) groups is 1. The first-order chi connectivity index (χ1) is 10.2. The number of rotatable bonds is 5. The minimum absolute atomic E-state index is 0.336. The van der Waals surface area contributed by atoms with Crippen LogP contribution in [0.25, 0.3) is 0 Å². The molecule has 1 fully saturated rings. The second-order valence-electron chi connectivity index (χ2n) is 5.15. The number of aliphatic imine (C=N–C) groups is 1. The minimum Gasteiger partial charge on any atom is -0.478 e. The number of carboxylic acids is 1. The van der Waals surface area contributed by atoms with Gasteiger partial charge in [-0.15, -0.1) is 0 Å². The smallest absolute Gasteiger partial charge is 0.335 e. The van der Waals surface area contributed by atoms with Gasteiger partial charge in [0.2, 0.25) is 0 Å². The Bertz CT molecular complexity index is 494. The summed E-state index contributed by atoms with van der Waals surface area (Å²) in [4.78, 5) is 17.9. The Hall–Kier alpha value is -1.49. The van der Waals surface area contributed by atoms with Crippen molar-refractivity contribution >= 4 is 22.9 Å². The van der Waals surface area contributed by atoms with Crippen LogP contribution in [0.15, 0.2) is 29.3 Å². The highest BCUT2D eigenvalue weighted by Gasteiger charge is 2.16. The van der Waals surface area contributed by atoms with Crippen molar-refractivity contribution in [2.24, 2.45) is 4.99 Å². The highest BCUT2D eigenvalue weighted by atomic mass is 32.2. The summed E-state index contributed by atoms with van der Waals surface area (Å²) in [5, 5.41) is 10.0. The summed E-state index contributed by atoms with van der Waals surface area (Å²) in [6.45, 7) is 5.22. The molecule has 0 unspecified atom stereocenters. The quantitative estimate of drug-likeness (QED) is 0.668. The lowest BCUT2D eigenvalue weighted by Crippen LogP contribution is -2.25. The molecule has 1 N–H and O–H groups in total. The largest absolute Gasteiger partial charge is 0.478 e. The van der Waals surface area contributed by atoms with Gasteiger partial charge in [-0.25, -0.2) is 4.79 Å². The van der Waals surface area contributed by atoms with E-state index in [4.69, 9.17) is 10.1 Å². The molecular formula is C16H22N2O2S. The van der Waals surface area contributed by atoms with E-state index in [1.165, 1.54) is 12.8 Å². The van der Waals surface area contributed by atoms with Crippen molar-refractivity contribution in [1.29, 1.82) is 0 Å². The van der Waals surface area contributed by atoms with E-state index in [2.05, 4.69) is 11.8 Å². The molecule has 0 radical (unpaired) electrons. The number of aromatic carboxylic acids is 1. The normalized spacial score (nSPS) is 15.5. The lowest BCUT2D eigenvalue weighted by Gasteiger charge is -2.19. The summed E-state index contributed by atoms with van der Waals surface area (Å²) in [5.41, 5.74) is 1.47. The van der Waals surface area contributed by atoms with E-state index in [9.17, 15) is 4.79 Å². The molecule has 4 nitrogen and oxygen atoms in total. The van der Waals surface area contributed by atoms with Crippen LogP contribution >= 0.6 is 11.8 Å². The summed E-state index contributed by atoms with van der Waals surface area (Å²) in [6.07, 6.45) is 3.56. The van der Waals surface area contributed by atoms with Crippen LogP contribution in [0.5, 0.6) is 0 Å². The number of nitrogens with zero attached hydrogens (tertiary/aromatic N) is 2. The summed E-state index contributed by atoms with van der Waals surface area (Å²) >= 11 is 1.75. The first-order valence-corrected chi connectivity index (χ1v) is 8.43. The van der Waals surface area contributed by atoms with Crippen molar-refractivity contribution in [2.45, 2.75) is 31.9 Å². The molecule has 0 aliphatic carbocycles. The molecule has 1 aliphatic rings. The van der Waals surface area contributed by atoms with Gasteiger partial charge in [0.1, 0.15) is 0 Å². The van der Waals surface area contributed by atoms with Crippen molar-refractivity contribution in [2.75, 3.05) is 19.6 Å². The third kappa shape index (κ3) is 4.77. The second-order valence-corrected chi connectivity index (χ2v) is 6.09. The van der Waals surface area contributed by atoms with Gasteiger partial charge in [-0.05, 0) is 37.0 Å². The van der Waals surface area contributed by atoms with E-state index in [-0.39, 0.29) is 0 Å². The highest BCUT2D eigenvalue weighted by Crippen LogP contribution is 2.20. The molecule has 0 saturated carbocycles. The second kappa shape index (κ2) is 8.08. The zero-order chi connectivity index (χ0) is 15.1. The Labute approximate surface area is 130 Å². The van der Waals surface area contributed by atoms with Crippen LogP contribution in [0.2, 0.25) is 0 Å². The van der Waals surface area contributed by atoms with Crippen molar-refractivity contribution in [1.82, 2.24) is 4.90 Å². The van der Waals surface area contributed by atoms with Crippen LogP contribution in [0.3, 0.4) is 0 Å². The Kier molecular flexibility index (Phi) is 6.11. The number of hydrogen-bond donors (Lipinski definition) is 1. The van der Waals surface area contributed by atoms with Crippen molar-refractivity contribution in [3.63, 3.8) is 0 Å². The molecule has 114 valence electrons. The minimum atomic E-state index is -0.878. The first-order valence-electron chi connectivity index (χ1n) is 7.45. The lowest BCUT2D eigenvalue weighted by atomic mass is 10.1. The zero-order valence-electron chi connectivity index (χ0n) is 12.4. The maximum absolute atomic E-state index is 10.8. The molecule has 5 heteroatoms. The number of amidine groups is 1. The van der Waals surface area contributed by atoms with Crippen LogP contribution in [0.1, 0.15) is 42.1 Å². The van der Waals surface area contributed by atoms with Gasteiger partial charge < -0.3 is 10.0 Å². The Balaban J connectivity index is 1.95. The SMILES string of the molecule is CCCN=C(SCc1ccc(C(=O)O)cc1)N1CCCC1. The predicted molar refractivity (Wildman–Crippen MR) is 88.1 cm³/mol. The molecule has 0 aromatic heterocycles. The van der Waals surface area contributed by atoms with Crippen LogP contribution in [-0.4, -0.2) is 40.8 Å². The van der Waals surface area contributed by atoms with Crippen molar-refractivity contribution in [3.05, 3.63) is 35.4 Å². The Morgan fingerprint density at radius 3 is 2.52 bits per heavy atom. The number of hydrogen-bond acceptors (Lipinski definition) is 3. The molecule has 0 bridgehead atoms. The molecule has 1 aliphatic heterocycles. The third-order valence-electron chi connectivity index (χ3n) is 3.42. The fourth-order valence-electron chi connectivity index (χ4n) is 2.24. The number of thioether (sulfide) groups is 1. The van der Waals surface area contributed by atoms with Crippen LogP contribution < -0.4 is 0 Å². The lowest BCUT2D eigenvalue weighted by molar-refractivity contribution is 0.0697. The van der Waals surface area contributed by atoms with E-state index in [0.717, 1.165) is 42.5 Å². The third-order valence-corrected chi connectivity index (χ3v) is 4.54. The zero-order valence-corrected chi connectivity index (χ0v) is 13.2. The summed E-state index contributed by atoms with van der Waals surface area (Å²) in [7, 11) is 0. The molecule has 0 amide bonds. The molecule has 2 rings (SSSR count). The summed E-state index contributed by atoms with van der Waals surface area (Å²) in [5.74, 6) is -0.0460. The van der Waals surface area contributed by atoms with Gasteiger partial charge in [0, 0.05) is 25.4 Å². The molecule has 21 heavy (non-hydrogen) atoms. The fourth-order valence-corrected chi connectivity index (χ4v) is 3.28. The highest BCUT2D eigenvalue weighted by molar-refractivity contribution is 8.13. The first kappa shape index (κ1) is 15.9. The fraction of sp³-hybridized carbons (Fsp3) is 0.500. The van der Waals surface area contributed by atoms with Gasteiger partial charge in [-0.3, -0.25) is 4.99 Å². The van der Waals surface area contributed by atoms with E-state index < -0.39 is 5.97 Å². The van der Waals surface area contributed by atoms with Crippen LogP contribution in [0, 0.1) is 0 Å². The van der Waals surface area contributed by atoms with E-state index in [1.807, 2.05) is 12.1 Å². The molecule has 1 saturated heterocycles. The molecule has 1 aromatic rings. The standard InChI is InChI=1S/C16H22N2O2S/c1-2-9-17-16(18-10-3-4-11-18)21-12-13-5-7-14(8-6-13)15(19)20/h5-8H,2-4,9-12H2,1H3,(H,19,20). The van der Waals surface area contributed by atoms with Gasteiger partial charge >= 0.3 is 5.97 Å². The molecule has 0 atom stereocenters. The summed E-state index contributed by atoms with van der Waals surface area (Å²) in [6, 6.07) is 7.10. The van der Waals surface area contributed by atoms with Gasteiger partial charge in [0.15, 0.2) is 5.17 Å². The van der Waals surface area contributed by atoms with Crippen molar-refractivity contribution < 1.29 is 9.90 Å². The van der Waals surface area contributed by atoms with Crippen LogP contribution in [-0.2, 0) is 5.75 Å². The van der Waals surface area contributed by atoms with Gasteiger partial charge in [0.05, 0.1) is 5.56 Å². The number of carboxylic acid groups (broad SMARTS) is 1. The predicted octanol–water partition coefficient (Wildman–Crippen LogP) is 3.48. The average molecular weight is 306 g/mol. The number of benzene rings is 1. The number of likely N-dealkylation sites (tertiary alicyclic amines) is 1. The average Bonchev–Trinajstić information content (AvgIpc) is 3.02. The van der Waals surface area contributed by atoms with Gasteiger partial charge in [-0.2, -0.15) is 0 Å². The van der Waals surface area contributed by atoms with E-state index in [0.29, 0.717) is 5.56 Å². The maximum Gasteiger partial charge on any atom is 0.335 e. The van der Waals surface area contributed by atoms with E-state index in [1.54, 1.807) is 23.9 Å². The van der Waals surface area contributed by atoms with Crippen molar-refractivity contribution in [3.8, 4) is 0 Å². The van der Waals surface area contributed by atoms with Gasteiger partial charge in [0.25, 0.3) is 0 Å². The molecule has 0 spiro atoms. The van der Waals surface area contributed by atoms with E-state index >= 15 is 0 Å². The van der Waals surface area contributed by atoms with Crippen LogP contribution in [0.4, 0.5) is 0 Å².